The summed E-state index contributed by atoms with van der Waals surface area (Å²) >= 11 is 0. The molecule has 0 spiro atoms. The third-order valence-corrected chi connectivity index (χ3v) is 2.73. The van der Waals surface area contributed by atoms with Crippen molar-refractivity contribution in [3.8, 4) is 0 Å². The average Bonchev–Trinajstić information content (AvgIpc) is 2.05. The van der Waals surface area contributed by atoms with E-state index in [2.05, 4.69) is 32.7 Å². The quantitative estimate of drug-likeness (QED) is 0.490. The van der Waals surface area contributed by atoms with Gasteiger partial charge in [0.1, 0.15) is 0 Å². The van der Waals surface area contributed by atoms with Gasteiger partial charge in [-0.1, -0.05) is 13.8 Å². The van der Waals surface area contributed by atoms with Gasteiger partial charge < -0.3 is 10.6 Å². The Morgan fingerprint density at radius 1 is 1.38 bits per heavy atom. The van der Waals surface area contributed by atoms with Gasteiger partial charge in [0.2, 0.25) is 0 Å². The van der Waals surface area contributed by atoms with Crippen LogP contribution in [0, 0.1) is 5.41 Å². The van der Waals surface area contributed by atoms with Crippen molar-refractivity contribution in [2.24, 2.45) is 5.73 Å². The van der Waals surface area contributed by atoms with E-state index in [4.69, 9.17) is 11.1 Å². The highest BCUT2D eigenvalue weighted by molar-refractivity contribution is 5.77. The summed E-state index contributed by atoms with van der Waals surface area (Å²) in [5, 5.41) is 7.22. The highest BCUT2D eigenvalue weighted by Gasteiger charge is 2.16. The van der Waals surface area contributed by atoms with Crippen molar-refractivity contribution in [1.29, 1.82) is 5.41 Å². The molecule has 13 heavy (non-hydrogen) atoms. The molecule has 0 heterocycles. The fraction of sp³-hybridized carbons (Fsp3) is 0.900. The molecule has 3 N–H and O–H groups in total. The minimum Gasteiger partial charge on any atom is -0.388 e. The first kappa shape index (κ1) is 12.4. The largest absolute Gasteiger partial charge is 0.388 e. The second kappa shape index (κ2) is 5.97. The number of nitrogens with one attached hydrogen (secondary N) is 1. The molecule has 78 valence electrons. The van der Waals surface area contributed by atoms with Gasteiger partial charge in [-0.3, -0.25) is 5.41 Å². The van der Waals surface area contributed by atoms with Crippen LogP contribution >= 0.6 is 0 Å². The van der Waals surface area contributed by atoms with E-state index >= 15 is 0 Å². The Balaban J connectivity index is 4.05. The maximum atomic E-state index is 7.22. The summed E-state index contributed by atoms with van der Waals surface area (Å²) in [6.45, 7) is 6.52. The summed E-state index contributed by atoms with van der Waals surface area (Å²) in [6.07, 6.45) is 3.00. The van der Waals surface area contributed by atoms with Crippen molar-refractivity contribution in [1.82, 2.24) is 4.90 Å². The second-order valence-corrected chi connectivity index (χ2v) is 3.71. The fourth-order valence-corrected chi connectivity index (χ4v) is 1.69. The van der Waals surface area contributed by atoms with Crippen LogP contribution in [-0.2, 0) is 0 Å². The lowest BCUT2D eigenvalue weighted by molar-refractivity contribution is 0.177. The molecule has 0 aliphatic carbocycles. The molecule has 0 radical (unpaired) electrons. The van der Waals surface area contributed by atoms with Crippen LogP contribution in [0.15, 0.2) is 0 Å². The van der Waals surface area contributed by atoms with Crippen molar-refractivity contribution in [2.75, 3.05) is 7.05 Å². The molecular formula is C10H23N3. The van der Waals surface area contributed by atoms with Crippen LogP contribution in [0.2, 0.25) is 0 Å². The number of nitrogens with two attached hydrogens (primary N) is 1. The van der Waals surface area contributed by atoms with Crippen LogP contribution in [0.5, 0.6) is 0 Å². The Kier molecular flexibility index (Phi) is 5.71. The summed E-state index contributed by atoms with van der Waals surface area (Å²) in [7, 11) is 2.12. The predicted octanol–water partition coefficient (Wildman–Crippen LogP) is 1.82. The highest BCUT2D eigenvalue weighted by atomic mass is 15.2. The van der Waals surface area contributed by atoms with E-state index in [1.165, 1.54) is 0 Å². The summed E-state index contributed by atoms with van der Waals surface area (Å²) in [5.41, 5.74) is 5.37. The monoisotopic (exact) mass is 185 g/mol. The first-order valence-corrected chi connectivity index (χ1v) is 5.07. The zero-order valence-electron chi connectivity index (χ0n) is 9.30. The van der Waals surface area contributed by atoms with E-state index in [1.807, 2.05) is 0 Å². The molecule has 0 aromatic carbocycles. The molecule has 0 rings (SSSR count). The Bertz CT molecular complexity index is 152. The number of nitrogens with zero attached hydrogens (tertiary/aromatic N) is 1. The highest BCUT2D eigenvalue weighted by Crippen LogP contribution is 2.11. The van der Waals surface area contributed by atoms with Gasteiger partial charge in [-0.2, -0.15) is 0 Å². The number of hydrogen-bond acceptors (Lipinski definition) is 2. The summed E-state index contributed by atoms with van der Waals surface area (Å²) < 4.78 is 0. The third kappa shape index (κ3) is 4.27. The van der Waals surface area contributed by atoms with Crippen LogP contribution in [-0.4, -0.2) is 29.9 Å². The smallest absolute Gasteiger partial charge is 0.0920 e. The molecule has 0 bridgehead atoms. The second-order valence-electron chi connectivity index (χ2n) is 3.71. The third-order valence-electron chi connectivity index (χ3n) is 2.73. The number of rotatable bonds is 6. The molecule has 3 nitrogen and oxygen atoms in total. The summed E-state index contributed by atoms with van der Waals surface area (Å²) in [6, 6.07) is 0.997. The van der Waals surface area contributed by atoms with E-state index in [1.54, 1.807) is 0 Å². The van der Waals surface area contributed by atoms with Gasteiger partial charge >= 0.3 is 0 Å². The molecule has 0 aliphatic rings. The zero-order valence-corrected chi connectivity index (χ0v) is 9.30. The normalized spacial score (nSPS) is 13.7. The van der Waals surface area contributed by atoms with E-state index in [0.29, 0.717) is 18.5 Å². The first-order valence-electron chi connectivity index (χ1n) is 5.07. The Morgan fingerprint density at radius 3 is 2.15 bits per heavy atom. The summed E-state index contributed by atoms with van der Waals surface area (Å²) in [5.74, 6) is 0.283. The Labute approximate surface area is 81.8 Å². The standard InChI is InChI=1S/C10H23N3/c1-5-9(6-2)13(4)8(3)7-10(11)12/h8-9H,5-7H2,1-4H3,(H3,11,12). The van der Waals surface area contributed by atoms with Crippen molar-refractivity contribution in [3.05, 3.63) is 0 Å². The van der Waals surface area contributed by atoms with Crippen LogP contribution in [0.3, 0.4) is 0 Å². The lowest BCUT2D eigenvalue weighted by atomic mass is 10.1. The lowest BCUT2D eigenvalue weighted by Crippen LogP contribution is -2.39. The van der Waals surface area contributed by atoms with E-state index in [-0.39, 0.29) is 5.84 Å². The Morgan fingerprint density at radius 2 is 1.85 bits per heavy atom. The molecular weight excluding hydrogens is 162 g/mol. The van der Waals surface area contributed by atoms with Gasteiger partial charge in [0, 0.05) is 18.5 Å². The van der Waals surface area contributed by atoms with E-state index in [9.17, 15) is 0 Å². The maximum Gasteiger partial charge on any atom is 0.0920 e. The molecule has 0 saturated carbocycles. The van der Waals surface area contributed by atoms with Crippen molar-refractivity contribution >= 4 is 5.84 Å². The molecule has 0 aliphatic heterocycles. The van der Waals surface area contributed by atoms with Crippen molar-refractivity contribution in [3.63, 3.8) is 0 Å². The van der Waals surface area contributed by atoms with E-state index < -0.39 is 0 Å². The van der Waals surface area contributed by atoms with Crippen LogP contribution in [0.1, 0.15) is 40.0 Å². The van der Waals surface area contributed by atoms with E-state index in [0.717, 1.165) is 12.8 Å². The first-order chi connectivity index (χ1) is 6.02. The van der Waals surface area contributed by atoms with Crippen LogP contribution in [0.25, 0.3) is 0 Å². The van der Waals surface area contributed by atoms with Gasteiger partial charge in [0.15, 0.2) is 0 Å². The minimum absolute atomic E-state index is 0.283. The van der Waals surface area contributed by atoms with Crippen LogP contribution in [0.4, 0.5) is 0 Å². The van der Waals surface area contributed by atoms with Crippen molar-refractivity contribution in [2.45, 2.75) is 52.1 Å². The lowest BCUT2D eigenvalue weighted by Gasteiger charge is -2.31. The Hall–Kier alpha value is -0.570. The van der Waals surface area contributed by atoms with Crippen LogP contribution < -0.4 is 5.73 Å². The average molecular weight is 185 g/mol. The SMILES string of the molecule is CCC(CC)N(C)C(C)CC(=N)N. The van der Waals surface area contributed by atoms with Gasteiger partial charge in [0.25, 0.3) is 0 Å². The molecule has 0 fully saturated rings. The topological polar surface area (TPSA) is 53.1 Å². The van der Waals surface area contributed by atoms with Gasteiger partial charge in [0.05, 0.1) is 5.84 Å². The van der Waals surface area contributed by atoms with Gasteiger partial charge in [-0.05, 0) is 26.8 Å². The molecule has 0 aromatic heterocycles. The zero-order chi connectivity index (χ0) is 10.4. The molecule has 1 unspecified atom stereocenters. The molecule has 0 aromatic rings. The summed E-state index contributed by atoms with van der Waals surface area (Å²) in [4.78, 5) is 2.32. The van der Waals surface area contributed by atoms with Gasteiger partial charge in [-0.15, -0.1) is 0 Å². The number of hydrogen-bond donors (Lipinski definition) is 2. The molecule has 1 atom stereocenters. The molecule has 0 saturated heterocycles. The van der Waals surface area contributed by atoms with Gasteiger partial charge in [-0.25, -0.2) is 0 Å². The number of amidine groups is 1. The van der Waals surface area contributed by atoms with Crippen molar-refractivity contribution < 1.29 is 0 Å². The molecule has 3 heteroatoms. The minimum atomic E-state index is 0.283. The maximum absolute atomic E-state index is 7.22. The fourth-order valence-electron chi connectivity index (χ4n) is 1.69. The predicted molar refractivity (Wildman–Crippen MR) is 58.1 cm³/mol. The molecule has 0 amide bonds.